The molecule has 1 atom stereocenters. The summed E-state index contributed by atoms with van der Waals surface area (Å²) in [5.74, 6) is -2.92. The van der Waals surface area contributed by atoms with E-state index in [1.54, 1.807) is 35.8 Å². The summed E-state index contributed by atoms with van der Waals surface area (Å²) in [4.78, 5) is 17.7. The van der Waals surface area contributed by atoms with Crippen molar-refractivity contribution in [2.45, 2.75) is 51.2 Å². The van der Waals surface area contributed by atoms with Gasteiger partial charge in [0.2, 0.25) is 5.95 Å². The van der Waals surface area contributed by atoms with E-state index in [2.05, 4.69) is 30.2 Å². The monoisotopic (exact) mass is 631 g/mol. The molecule has 1 aliphatic rings. The van der Waals surface area contributed by atoms with Crippen LogP contribution in [-0.4, -0.2) is 60.3 Å². The maximum Gasteiger partial charge on any atom is 0.573 e. The molecule has 0 saturated carbocycles. The molecule has 1 unspecified atom stereocenters. The summed E-state index contributed by atoms with van der Waals surface area (Å²) < 4.78 is 96.4. The summed E-state index contributed by atoms with van der Waals surface area (Å²) in [5.41, 5.74) is 1.89. The highest BCUT2D eigenvalue weighted by Crippen LogP contribution is 2.36. The molecule has 18 heteroatoms. The van der Waals surface area contributed by atoms with Crippen molar-refractivity contribution in [1.82, 2.24) is 29.5 Å². The lowest BCUT2D eigenvalue weighted by Crippen LogP contribution is -2.21. The van der Waals surface area contributed by atoms with E-state index < -0.39 is 30.1 Å². The van der Waals surface area contributed by atoms with Gasteiger partial charge in [-0.25, -0.2) is 23.5 Å². The van der Waals surface area contributed by atoms with Crippen molar-refractivity contribution in [2.24, 2.45) is 0 Å². The SMILES string of the molecule is COc1cc(Nc2nc3n(n2)CCCCC3c2ccc(OC(F)(F)F)c(F)c2)ccc1-n1cnc(C)n1.O=C(O)C(F)(F)F. The molecular formula is C26H24F7N7O4. The van der Waals surface area contributed by atoms with Gasteiger partial charge in [0.05, 0.1) is 7.11 Å². The van der Waals surface area contributed by atoms with Gasteiger partial charge in [0.25, 0.3) is 0 Å². The van der Waals surface area contributed by atoms with Gasteiger partial charge in [-0.1, -0.05) is 12.5 Å². The third-order valence-corrected chi connectivity index (χ3v) is 6.24. The molecule has 5 rings (SSSR count). The minimum absolute atomic E-state index is 0.339. The molecule has 0 fully saturated rings. The van der Waals surface area contributed by atoms with Gasteiger partial charge >= 0.3 is 18.5 Å². The Bertz CT molecular complexity index is 1620. The van der Waals surface area contributed by atoms with Crippen molar-refractivity contribution >= 4 is 17.6 Å². The molecular weight excluding hydrogens is 607 g/mol. The van der Waals surface area contributed by atoms with E-state index in [4.69, 9.17) is 14.6 Å². The highest BCUT2D eigenvalue weighted by molar-refractivity contribution is 5.73. The van der Waals surface area contributed by atoms with E-state index in [0.29, 0.717) is 53.3 Å². The average Bonchev–Trinajstić information content (AvgIpc) is 3.49. The molecule has 2 aromatic carbocycles. The van der Waals surface area contributed by atoms with Crippen LogP contribution < -0.4 is 14.8 Å². The van der Waals surface area contributed by atoms with E-state index in [1.165, 1.54) is 6.07 Å². The summed E-state index contributed by atoms with van der Waals surface area (Å²) in [5, 5.41) is 19.2. The van der Waals surface area contributed by atoms with E-state index in [9.17, 15) is 30.7 Å². The minimum atomic E-state index is -5.08. The number of rotatable bonds is 6. The number of hydrogen-bond donors (Lipinski definition) is 2. The van der Waals surface area contributed by atoms with Crippen LogP contribution >= 0.6 is 0 Å². The molecule has 1 aliphatic heterocycles. The van der Waals surface area contributed by atoms with Crippen molar-refractivity contribution in [3.63, 3.8) is 0 Å². The smallest absolute Gasteiger partial charge is 0.494 e. The molecule has 0 spiro atoms. The third-order valence-electron chi connectivity index (χ3n) is 6.24. The topological polar surface area (TPSA) is 129 Å². The molecule has 3 heterocycles. The summed E-state index contributed by atoms with van der Waals surface area (Å²) in [6, 6.07) is 8.93. The van der Waals surface area contributed by atoms with Crippen molar-refractivity contribution in [3.05, 3.63) is 65.8 Å². The lowest BCUT2D eigenvalue weighted by Gasteiger charge is -2.16. The number of aliphatic carboxylic acids is 1. The van der Waals surface area contributed by atoms with Gasteiger partial charge in [0.1, 0.15) is 29.4 Å². The molecule has 0 saturated heterocycles. The van der Waals surface area contributed by atoms with Crippen LogP contribution in [0.15, 0.2) is 42.7 Å². The number of carboxylic acids is 1. The number of aryl methyl sites for hydroxylation is 2. The first-order valence-corrected chi connectivity index (χ1v) is 12.8. The van der Waals surface area contributed by atoms with Gasteiger partial charge in [0, 0.05) is 24.2 Å². The normalized spacial score (nSPS) is 15.0. The summed E-state index contributed by atoms with van der Waals surface area (Å²) in [7, 11) is 1.55. The number of ether oxygens (including phenoxy) is 2. The Morgan fingerprint density at radius 3 is 2.36 bits per heavy atom. The fourth-order valence-electron chi connectivity index (χ4n) is 4.36. The van der Waals surface area contributed by atoms with Crippen LogP contribution in [0.1, 0.15) is 42.4 Å². The van der Waals surface area contributed by atoms with Crippen molar-refractivity contribution in [2.75, 3.05) is 12.4 Å². The number of carboxylic acid groups (broad SMARTS) is 1. The van der Waals surface area contributed by atoms with Gasteiger partial charge in [-0.05, 0) is 49.6 Å². The van der Waals surface area contributed by atoms with Crippen molar-refractivity contribution in [1.29, 1.82) is 0 Å². The zero-order valence-corrected chi connectivity index (χ0v) is 22.9. The Kier molecular flexibility index (Phi) is 9.29. The number of fused-ring (bicyclic) bond motifs is 1. The number of hydrogen-bond acceptors (Lipinski definition) is 8. The maximum atomic E-state index is 14.4. The molecule has 236 valence electrons. The van der Waals surface area contributed by atoms with Crippen molar-refractivity contribution < 1.29 is 50.1 Å². The minimum Gasteiger partial charge on any atom is -0.494 e. The summed E-state index contributed by atoms with van der Waals surface area (Å²) in [6.07, 6.45) is -6.14. The second kappa shape index (κ2) is 12.8. The van der Waals surface area contributed by atoms with Crippen LogP contribution in [0.4, 0.5) is 42.4 Å². The average molecular weight is 632 g/mol. The Morgan fingerprint density at radius 2 is 1.77 bits per heavy atom. The molecule has 11 nitrogen and oxygen atoms in total. The second-order valence-corrected chi connectivity index (χ2v) is 9.35. The predicted octanol–water partition coefficient (Wildman–Crippen LogP) is 5.91. The van der Waals surface area contributed by atoms with Crippen LogP contribution in [0.3, 0.4) is 0 Å². The number of anilines is 2. The lowest BCUT2D eigenvalue weighted by atomic mass is 9.93. The maximum absolute atomic E-state index is 14.4. The fraction of sp³-hybridized carbons (Fsp3) is 0.346. The van der Waals surface area contributed by atoms with Crippen LogP contribution in [0.5, 0.6) is 11.5 Å². The van der Waals surface area contributed by atoms with E-state index >= 15 is 0 Å². The quantitative estimate of drug-likeness (QED) is 0.250. The fourth-order valence-corrected chi connectivity index (χ4v) is 4.36. The van der Waals surface area contributed by atoms with Crippen LogP contribution in [0, 0.1) is 12.7 Å². The van der Waals surface area contributed by atoms with Gasteiger partial charge in [-0.15, -0.1) is 18.3 Å². The second-order valence-electron chi connectivity index (χ2n) is 9.35. The van der Waals surface area contributed by atoms with Gasteiger partial charge in [-0.2, -0.15) is 23.3 Å². The van der Waals surface area contributed by atoms with Crippen molar-refractivity contribution in [3.8, 4) is 17.2 Å². The Hall–Kier alpha value is -4.90. The first kappa shape index (κ1) is 32.0. The zero-order chi connectivity index (χ0) is 32.2. The Balaban J connectivity index is 0.000000566. The molecule has 0 aliphatic carbocycles. The first-order chi connectivity index (χ1) is 20.6. The molecule has 4 aromatic rings. The zero-order valence-electron chi connectivity index (χ0n) is 22.9. The first-order valence-electron chi connectivity index (χ1n) is 12.8. The molecule has 2 aromatic heterocycles. The number of aromatic nitrogens is 6. The Morgan fingerprint density at radius 1 is 1.05 bits per heavy atom. The standard InChI is InChI=1S/C24H23F4N7O2.C2HF3O2/c1-14-29-13-35(32-14)19-8-7-16(12-21(19)36-2)30-23-31-22-17(5-3-4-10-34(22)33-23)15-6-9-20(18(25)11-15)37-24(26,27)28;3-2(4,5)1(6)7/h6-9,11-13,17H,3-5,10H2,1-2H3,(H,30,33);(H,6,7). The Labute approximate surface area is 244 Å². The number of carbonyl (C=O) groups is 1. The van der Waals surface area contributed by atoms with E-state index in [0.717, 1.165) is 25.0 Å². The van der Waals surface area contributed by atoms with Crippen LogP contribution in [0.2, 0.25) is 0 Å². The summed E-state index contributed by atoms with van der Waals surface area (Å²) >= 11 is 0. The van der Waals surface area contributed by atoms with Crippen LogP contribution in [0.25, 0.3) is 5.69 Å². The third kappa shape index (κ3) is 7.93. The largest absolute Gasteiger partial charge is 0.573 e. The van der Waals surface area contributed by atoms with E-state index in [-0.39, 0.29) is 5.92 Å². The number of nitrogens with one attached hydrogen (secondary N) is 1. The number of halogens is 7. The van der Waals surface area contributed by atoms with Crippen LogP contribution in [-0.2, 0) is 11.3 Å². The number of nitrogens with zero attached hydrogens (tertiary/aromatic N) is 6. The molecule has 44 heavy (non-hydrogen) atoms. The number of methoxy groups -OCH3 is 1. The van der Waals surface area contributed by atoms with Gasteiger partial charge < -0.3 is 19.9 Å². The summed E-state index contributed by atoms with van der Waals surface area (Å²) in [6.45, 7) is 2.41. The predicted molar refractivity (Wildman–Crippen MR) is 138 cm³/mol. The highest BCUT2D eigenvalue weighted by Gasteiger charge is 2.38. The molecule has 0 bridgehead atoms. The van der Waals surface area contributed by atoms with E-state index in [1.807, 2.05) is 12.1 Å². The molecule has 0 amide bonds. The molecule has 2 N–H and O–H groups in total. The number of benzene rings is 2. The molecule has 0 radical (unpaired) electrons. The lowest BCUT2D eigenvalue weighted by molar-refractivity contribution is -0.275. The van der Waals surface area contributed by atoms with Gasteiger partial charge in [-0.3, -0.25) is 0 Å². The number of alkyl halides is 6. The van der Waals surface area contributed by atoms with Gasteiger partial charge in [0.15, 0.2) is 11.6 Å². The highest BCUT2D eigenvalue weighted by atomic mass is 19.4.